The summed E-state index contributed by atoms with van der Waals surface area (Å²) < 4.78 is 5.57. The van der Waals surface area contributed by atoms with Crippen LogP contribution in [0.5, 0.6) is 0 Å². The Kier molecular flexibility index (Phi) is 2.65. The number of rotatable bonds is 2. The second kappa shape index (κ2) is 3.97. The van der Waals surface area contributed by atoms with E-state index in [0.29, 0.717) is 5.76 Å². The summed E-state index contributed by atoms with van der Waals surface area (Å²) in [6.07, 6.45) is 1.59. The van der Waals surface area contributed by atoms with Gasteiger partial charge >= 0.3 is 0 Å². The van der Waals surface area contributed by atoms with Gasteiger partial charge in [0.15, 0.2) is 5.76 Å². The van der Waals surface area contributed by atoms with Crippen LogP contribution in [0.2, 0.25) is 0 Å². The lowest BCUT2D eigenvalue weighted by atomic mass is 10.1. The van der Waals surface area contributed by atoms with Gasteiger partial charge in [0.05, 0.1) is 0 Å². The van der Waals surface area contributed by atoms with Gasteiger partial charge in [0, 0.05) is 5.39 Å². The van der Waals surface area contributed by atoms with Gasteiger partial charge in [-0.15, -0.1) is 0 Å². The fraction of sp³-hybridized carbons (Fsp3) is 0.214. The van der Waals surface area contributed by atoms with Crippen LogP contribution in [0, 0.1) is 6.92 Å². The Bertz CT molecular complexity index is 569. The normalized spacial score (nSPS) is 10.4. The van der Waals surface area contributed by atoms with Crippen molar-refractivity contribution in [2.75, 3.05) is 0 Å². The standard InChI is InChI=1S/C14H14O2/c1-9(2)7-12(15)13-8-11-6-4-5-10(3)14(11)16-13/h4-8H,1-3H3. The number of para-hydroxylation sites is 1. The van der Waals surface area contributed by atoms with Crippen molar-refractivity contribution in [3.63, 3.8) is 0 Å². The van der Waals surface area contributed by atoms with Crippen molar-refractivity contribution in [1.82, 2.24) is 0 Å². The molecule has 0 unspecified atom stereocenters. The van der Waals surface area contributed by atoms with Crippen molar-refractivity contribution in [1.29, 1.82) is 0 Å². The number of carbonyl (C=O) groups excluding carboxylic acids is 1. The van der Waals surface area contributed by atoms with Crippen molar-refractivity contribution in [3.8, 4) is 0 Å². The molecule has 2 aromatic rings. The van der Waals surface area contributed by atoms with E-state index >= 15 is 0 Å². The molecule has 1 heterocycles. The highest BCUT2D eigenvalue weighted by Crippen LogP contribution is 2.23. The molecule has 0 atom stereocenters. The van der Waals surface area contributed by atoms with Crippen molar-refractivity contribution in [3.05, 3.63) is 47.2 Å². The summed E-state index contributed by atoms with van der Waals surface area (Å²) in [5.41, 5.74) is 2.82. The zero-order valence-corrected chi connectivity index (χ0v) is 9.70. The van der Waals surface area contributed by atoms with Crippen LogP contribution in [-0.4, -0.2) is 5.78 Å². The number of carbonyl (C=O) groups is 1. The van der Waals surface area contributed by atoms with Crippen LogP contribution < -0.4 is 0 Å². The summed E-state index contributed by atoms with van der Waals surface area (Å²) >= 11 is 0. The molecular weight excluding hydrogens is 200 g/mol. The van der Waals surface area contributed by atoms with Gasteiger partial charge in [0.2, 0.25) is 5.78 Å². The van der Waals surface area contributed by atoms with E-state index in [-0.39, 0.29) is 5.78 Å². The molecule has 16 heavy (non-hydrogen) atoms. The molecule has 82 valence electrons. The second-order valence-electron chi connectivity index (χ2n) is 4.19. The Morgan fingerprint density at radius 1 is 1.31 bits per heavy atom. The number of fused-ring (bicyclic) bond motifs is 1. The van der Waals surface area contributed by atoms with Crippen molar-refractivity contribution in [2.45, 2.75) is 20.8 Å². The molecule has 0 aliphatic carbocycles. The molecule has 1 aromatic heterocycles. The minimum absolute atomic E-state index is 0.0735. The van der Waals surface area contributed by atoms with Crippen LogP contribution in [0.4, 0.5) is 0 Å². The molecule has 0 bridgehead atoms. The molecule has 2 heteroatoms. The summed E-state index contributed by atoms with van der Waals surface area (Å²) in [6.45, 7) is 5.76. The van der Waals surface area contributed by atoms with E-state index in [9.17, 15) is 4.79 Å². The van der Waals surface area contributed by atoms with Gasteiger partial charge in [-0.05, 0) is 38.5 Å². The van der Waals surface area contributed by atoms with E-state index in [0.717, 1.165) is 22.1 Å². The Morgan fingerprint density at radius 2 is 2.06 bits per heavy atom. The highest BCUT2D eigenvalue weighted by atomic mass is 16.3. The topological polar surface area (TPSA) is 30.2 Å². The van der Waals surface area contributed by atoms with Crippen LogP contribution in [0.15, 0.2) is 40.3 Å². The number of allylic oxidation sites excluding steroid dienone is 2. The molecule has 0 fully saturated rings. The Hall–Kier alpha value is -1.83. The Labute approximate surface area is 94.6 Å². The van der Waals surface area contributed by atoms with Gasteiger partial charge in [0.25, 0.3) is 0 Å². The van der Waals surface area contributed by atoms with Gasteiger partial charge in [-0.1, -0.05) is 23.8 Å². The van der Waals surface area contributed by atoms with Crippen LogP contribution in [0.3, 0.4) is 0 Å². The quantitative estimate of drug-likeness (QED) is 0.560. The monoisotopic (exact) mass is 214 g/mol. The van der Waals surface area contributed by atoms with Gasteiger partial charge in [-0.25, -0.2) is 0 Å². The number of furan rings is 1. The summed E-state index contributed by atoms with van der Waals surface area (Å²) in [4.78, 5) is 11.8. The molecule has 0 radical (unpaired) electrons. The molecule has 0 aliphatic rings. The molecule has 0 amide bonds. The van der Waals surface area contributed by atoms with Crippen LogP contribution >= 0.6 is 0 Å². The minimum Gasteiger partial charge on any atom is -0.452 e. The van der Waals surface area contributed by atoms with Gasteiger partial charge in [-0.2, -0.15) is 0 Å². The van der Waals surface area contributed by atoms with Crippen molar-refractivity contribution >= 4 is 16.8 Å². The Morgan fingerprint density at radius 3 is 2.69 bits per heavy atom. The third-order valence-electron chi connectivity index (χ3n) is 2.40. The van der Waals surface area contributed by atoms with E-state index in [4.69, 9.17) is 4.42 Å². The summed E-state index contributed by atoms with van der Waals surface area (Å²) in [7, 11) is 0. The lowest BCUT2D eigenvalue weighted by Crippen LogP contribution is -1.91. The SMILES string of the molecule is CC(C)=CC(=O)c1cc2cccc(C)c2o1. The fourth-order valence-corrected chi connectivity index (χ4v) is 1.66. The molecule has 0 N–H and O–H groups in total. The first-order chi connectivity index (χ1) is 7.58. The van der Waals surface area contributed by atoms with E-state index in [1.54, 1.807) is 12.1 Å². The van der Waals surface area contributed by atoms with Crippen LogP contribution in [0.1, 0.15) is 30.0 Å². The zero-order chi connectivity index (χ0) is 11.7. The number of ketones is 1. The van der Waals surface area contributed by atoms with Gasteiger partial charge in [-0.3, -0.25) is 4.79 Å². The van der Waals surface area contributed by atoms with Crippen molar-refractivity contribution < 1.29 is 9.21 Å². The average Bonchev–Trinajstić information content (AvgIpc) is 2.61. The second-order valence-corrected chi connectivity index (χ2v) is 4.19. The third-order valence-corrected chi connectivity index (χ3v) is 2.40. The summed E-state index contributed by atoms with van der Waals surface area (Å²) in [5, 5.41) is 0.977. The zero-order valence-electron chi connectivity index (χ0n) is 9.70. The maximum absolute atomic E-state index is 11.8. The molecule has 0 aliphatic heterocycles. The largest absolute Gasteiger partial charge is 0.452 e. The fourth-order valence-electron chi connectivity index (χ4n) is 1.66. The van der Waals surface area contributed by atoms with E-state index in [2.05, 4.69) is 0 Å². The number of hydrogen-bond acceptors (Lipinski definition) is 2. The van der Waals surface area contributed by atoms with E-state index in [1.165, 1.54) is 0 Å². The summed E-state index contributed by atoms with van der Waals surface area (Å²) in [5.74, 6) is 0.334. The maximum atomic E-state index is 11.8. The predicted octanol–water partition coefficient (Wildman–Crippen LogP) is 3.89. The van der Waals surface area contributed by atoms with Gasteiger partial charge < -0.3 is 4.42 Å². The summed E-state index contributed by atoms with van der Waals surface area (Å²) in [6, 6.07) is 7.68. The Balaban J connectivity index is 2.52. The molecule has 0 saturated carbocycles. The number of benzene rings is 1. The number of hydrogen-bond donors (Lipinski definition) is 0. The first kappa shape index (κ1) is 10.7. The van der Waals surface area contributed by atoms with E-state index in [1.807, 2.05) is 39.0 Å². The molecule has 0 spiro atoms. The third kappa shape index (κ3) is 1.91. The van der Waals surface area contributed by atoms with E-state index < -0.39 is 0 Å². The lowest BCUT2D eigenvalue weighted by molar-refractivity contribution is 0.102. The first-order valence-electron chi connectivity index (χ1n) is 5.26. The predicted molar refractivity (Wildman–Crippen MR) is 64.7 cm³/mol. The average molecular weight is 214 g/mol. The minimum atomic E-state index is -0.0735. The molecule has 2 nitrogen and oxygen atoms in total. The van der Waals surface area contributed by atoms with Crippen LogP contribution in [0.25, 0.3) is 11.0 Å². The smallest absolute Gasteiger partial charge is 0.220 e. The first-order valence-corrected chi connectivity index (χ1v) is 5.26. The molecule has 1 aromatic carbocycles. The van der Waals surface area contributed by atoms with Gasteiger partial charge in [0.1, 0.15) is 5.58 Å². The molecule has 0 saturated heterocycles. The lowest BCUT2D eigenvalue weighted by Gasteiger charge is -1.92. The maximum Gasteiger partial charge on any atom is 0.220 e. The molecular formula is C14H14O2. The highest BCUT2D eigenvalue weighted by Gasteiger charge is 2.10. The molecule has 2 rings (SSSR count). The number of aryl methyl sites for hydroxylation is 1. The highest BCUT2D eigenvalue weighted by molar-refractivity contribution is 6.05. The van der Waals surface area contributed by atoms with Crippen molar-refractivity contribution in [2.24, 2.45) is 0 Å². The van der Waals surface area contributed by atoms with Crippen LogP contribution in [-0.2, 0) is 0 Å².